The van der Waals surface area contributed by atoms with Gasteiger partial charge in [0, 0.05) is 24.5 Å². The molecule has 0 saturated heterocycles. The van der Waals surface area contributed by atoms with Gasteiger partial charge in [-0.05, 0) is 24.0 Å². The van der Waals surface area contributed by atoms with Gasteiger partial charge >= 0.3 is 0 Å². The van der Waals surface area contributed by atoms with Crippen molar-refractivity contribution in [3.05, 3.63) is 29.6 Å². The molecule has 0 spiro atoms. The van der Waals surface area contributed by atoms with E-state index in [1.54, 1.807) is 6.20 Å². The van der Waals surface area contributed by atoms with Crippen molar-refractivity contribution in [2.24, 2.45) is 16.6 Å². The van der Waals surface area contributed by atoms with E-state index in [-0.39, 0.29) is 0 Å². The van der Waals surface area contributed by atoms with Crippen LogP contribution >= 0.6 is 0 Å². The molecule has 0 aromatic carbocycles. The van der Waals surface area contributed by atoms with E-state index in [0.717, 1.165) is 24.1 Å². The third-order valence-corrected chi connectivity index (χ3v) is 2.19. The van der Waals surface area contributed by atoms with Crippen molar-refractivity contribution in [2.75, 3.05) is 6.54 Å². The van der Waals surface area contributed by atoms with Crippen molar-refractivity contribution < 1.29 is 0 Å². The number of aryl methyl sites for hydroxylation is 1. The van der Waals surface area contributed by atoms with Crippen LogP contribution in [0.4, 0.5) is 0 Å². The Morgan fingerprint density at radius 1 is 1.53 bits per heavy atom. The summed E-state index contributed by atoms with van der Waals surface area (Å²) < 4.78 is 0. The molecule has 0 radical (unpaired) electrons. The molecule has 0 aliphatic heterocycles. The molecule has 0 unspecified atom stereocenters. The van der Waals surface area contributed by atoms with Crippen LogP contribution in [0.3, 0.4) is 0 Å². The van der Waals surface area contributed by atoms with E-state index < -0.39 is 0 Å². The van der Waals surface area contributed by atoms with Crippen molar-refractivity contribution >= 4 is 5.84 Å². The first-order valence-corrected chi connectivity index (χ1v) is 5.38. The first-order valence-electron chi connectivity index (χ1n) is 5.38. The largest absolute Gasteiger partial charge is 0.383 e. The van der Waals surface area contributed by atoms with Gasteiger partial charge in [-0.3, -0.25) is 9.98 Å². The van der Waals surface area contributed by atoms with Crippen LogP contribution in [0.25, 0.3) is 0 Å². The maximum Gasteiger partial charge on any atom is 0.126 e. The molecule has 1 heterocycles. The molecule has 0 bridgehead atoms. The van der Waals surface area contributed by atoms with Crippen LogP contribution in [0, 0.1) is 5.92 Å². The molecule has 0 saturated carbocycles. The molecular weight excluding hydrogens is 186 g/mol. The van der Waals surface area contributed by atoms with E-state index in [0.29, 0.717) is 11.8 Å². The second-order valence-electron chi connectivity index (χ2n) is 4.01. The van der Waals surface area contributed by atoms with Crippen molar-refractivity contribution in [3.8, 4) is 0 Å². The SMILES string of the molecule is CCc1cnccc1C(N)=NCC(C)C. The van der Waals surface area contributed by atoms with Crippen LogP contribution in [0.15, 0.2) is 23.5 Å². The lowest BCUT2D eigenvalue weighted by Gasteiger charge is -2.07. The third-order valence-electron chi connectivity index (χ3n) is 2.19. The lowest BCUT2D eigenvalue weighted by Crippen LogP contribution is -2.17. The Morgan fingerprint density at radius 2 is 2.27 bits per heavy atom. The minimum absolute atomic E-state index is 0.537. The summed E-state index contributed by atoms with van der Waals surface area (Å²) in [5.74, 6) is 1.17. The average molecular weight is 205 g/mol. The zero-order valence-corrected chi connectivity index (χ0v) is 9.70. The summed E-state index contributed by atoms with van der Waals surface area (Å²) >= 11 is 0. The maximum atomic E-state index is 5.94. The molecule has 1 rings (SSSR count). The van der Waals surface area contributed by atoms with Crippen LogP contribution in [-0.2, 0) is 6.42 Å². The van der Waals surface area contributed by atoms with Gasteiger partial charge in [0.1, 0.15) is 5.84 Å². The highest BCUT2D eigenvalue weighted by Gasteiger charge is 2.04. The van der Waals surface area contributed by atoms with E-state index in [1.807, 2.05) is 12.3 Å². The Labute approximate surface area is 91.4 Å². The van der Waals surface area contributed by atoms with E-state index >= 15 is 0 Å². The first kappa shape index (κ1) is 11.7. The Bertz CT molecular complexity index is 342. The van der Waals surface area contributed by atoms with Crippen LogP contribution in [0.2, 0.25) is 0 Å². The second kappa shape index (κ2) is 5.49. The standard InChI is InChI=1S/C12H19N3/c1-4-10-8-14-6-5-11(10)12(13)15-7-9(2)3/h5-6,8-9H,4,7H2,1-3H3,(H2,13,15). The smallest absolute Gasteiger partial charge is 0.126 e. The fraction of sp³-hybridized carbons (Fsp3) is 0.500. The van der Waals surface area contributed by atoms with Gasteiger partial charge in [-0.25, -0.2) is 0 Å². The fourth-order valence-electron chi connectivity index (χ4n) is 1.32. The van der Waals surface area contributed by atoms with Gasteiger partial charge in [0.25, 0.3) is 0 Å². The van der Waals surface area contributed by atoms with Crippen molar-refractivity contribution in [3.63, 3.8) is 0 Å². The number of pyridine rings is 1. The maximum absolute atomic E-state index is 5.94. The van der Waals surface area contributed by atoms with Gasteiger partial charge in [0.15, 0.2) is 0 Å². The number of aromatic nitrogens is 1. The average Bonchev–Trinajstić information content (AvgIpc) is 2.25. The number of amidine groups is 1. The summed E-state index contributed by atoms with van der Waals surface area (Å²) in [7, 11) is 0. The second-order valence-corrected chi connectivity index (χ2v) is 4.01. The molecule has 0 fully saturated rings. The predicted octanol–water partition coefficient (Wildman–Crippen LogP) is 2.01. The molecule has 1 aromatic heterocycles. The zero-order valence-electron chi connectivity index (χ0n) is 9.70. The van der Waals surface area contributed by atoms with E-state index in [2.05, 4.69) is 30.7 Å². The number of nitrogens with zero attached hydrogens (tertiary/aromatic N) is 2. The van der Waals surface area contributed by atoms with Crippen LogP contribution in [0.1, 0.15) is 31.9 Å². The van der Waals surface area contributed by atoms with Gasteiger partial charge in [0.05, 0.1) is 0 Å². The Hall–Kier alpha value is -1.38. The highest BCUT2D eigenvalue weighted by molar-refractivity contribution is 5.98. The van der Waals surface area contributed by atoms with Gasteiger partial charge in [-0.15, -0.1) is 0 Å². The third kappa shape index (κ3) is 3.35. The quantitative estimate of drug-likeness (QED) is 0.604. The molecule has 0 aliphatic rings. The summed E-state index contributed by atoms with van der Waals surface area (Å²) in [6, 6.07) is 1.93. The molecule has 3 nitrogen and oxygen atoms in total. The van der Waals surface area contributed by atoms with Gasteiger partial charge in [0.2, 0.25) is 0 Å². The van der Waals surface area contributed by atoms with Gasteiger partial charge < -0.3 is 5.73 Å². The van der Waals surface area contributed by atoms with Gasteiger partial charge in [-0.2, -0.15) is 0 Å². The Kier molecular flexibility index (Phi) is 4.28. The minimum atomic E-state index is 0.537. The topological polar surface area (TPSA) is 51.3 Å². The molecule has 3 heteroatoms. The molecule has 15 heavy (non-hydrogen) atoms. The lowest BCUT2D eigenvalue weighted by molar-refractivity contribution is 0.665. The van der Waals surface area contributed by atoms with Crippen molar-refractivity contribution in [2.45, 2.75) is 27.2 Å². The van der Waals surface area contributed by atoms with Crippen molar-refractivity contribution in [1.82, 2.24) is 4.98 Å². The highest BCUT2D eigenvalue weighted by atomic mass is 14.9. The van der Waals surface area contributed by atoms with Gasteiger partial charge in [-0.1, -0.05) is 20.8 Å². The molecule has 0 aliphatic carbocycles. The van der Waals surface area contributed by atoms with E-state index in [1.165, 1.54) is 0 Å². The molecule has 82 valence electrons. The van der Waals surface area contributed by atoms with E-state index in [9.17, 15) is 0 Å². The monoisotopic (exact) mass is 205 g/mol. The van der Waals surface area contributed by atoms with Crippen LogP contribution in [0.5, 0.6) is 0 Å². The number of rotatable bonds is 4. The molecular formula is C12H19N3. The number of hydrogen-bond donors (Lipinski definition) is 1. The fourth-order valence-corrected chi connectivity index (χ4v) is 1.32. The molecule has 2 N–H and O–H groups in total. The van der Waals surface area contributed by atoms with E-state index in [4.69, 9.17) is 5.73 Å². The summed E-state index contributed by atoms with van der Waals surface area (Å²) in [4.78, 5) is 8.45. The summed E-state index contributed by atoms with van der Waals surface area (Å²) in [5, 5.41) is 0. The normalized spacial score (nSPS) is 12.1. The predicted molar refractivity (Wildman–Crippen MR) is 64.0 cm³/mol. The Balaban J connectivity index is 2.89. The number of nitrogens with two attached hydrogens (primary N) is 1. The van der Waals surface area contributed by atoms with Crippen LogP contribution in [-0.4, -0.2) is 17.4 Å². The zero-order chi connectivity index (χ0) is 11.3. The summed E-state index contributed by atoms with van der Waals surface area (Å²) in [6.07, 6.45) is 4.54. The summed E-state index contributed by atoms with van der Waals surface area (Å²) in [6.45, 7) is 7.13. The number of aliphatic imine (C=N–C) groups is 1. The molecule has 0 atom stereocenters. The summed E-state index contributed by atoms with van der Waals surface area (Å²) in [5.41, 5.74) is 8.12. The molecule has 1 aromatic rings. The van der Waals surface area contributed by atoms with Crippen LogP contribution < -0.4 is 5.73 Å². The Morgan fingerprint density at radius 3 is 2.87 bits per heavy atom. The lowest BCUT2D eigenvalue weighted by atomic mass is 10.1. The molecule has 0 amide bonds. The number of hydrogen-bond acceptors (Lipinski definition) is 2. The first-order chi connectivity index (χ1) is 7.15. The highest BCUT2D eigenvalue weighted by Crippen LogP contribution is 2.07. The minimum Gasteiger partial charge on any atom is -0.383 e. The van der Waals surface area contributed by atoms with Crippen molar-refractivity contribution in [1.29, 1.82) is 0 Å².